The SMILES string of the molecule is Cc1ccc(OCCCF)c(N2C(=O)CS/C2=N\C(=O)Nc2ccc(C(N)=NC=Nc3ccc(OC(F)F)cc3)cc2C)c1. The van der Waals surface area contributed by atoms with Gasteiger partial charge in [0.2, 0.25) is 5.91 Å². The number of urea groups is 1. The third-order valence-electron chi connectivity index (χ3n) is 6.08. The lowest BCUT2D eigenvalue weighted by molar-refractivity contribution is -0.115. The minimum absolute atomic E-state index is 0.0143. The molecule has 0 aliphatic carbocycles. The van der Waals surface area contributed by atoms with Crippen molar-refractivity contribution >= 4 is 58.1 Å². The summed E-state index contributed by atoms with van der Waals surface area (Å²) in [6, 6.07) is 15.3. The Kier molecular flexibility index (Phi) is 11.0. The second-order valence-corrected chi connectivity index (χ2v) is 10.3. The molecule has 1 fully saturated rings. The summed E-state index contributed by atoms with van der Waals surface area (Å²) >= 11 is 1.12. The molecule has 3 aromatic rings. The number of anilines is 2. The molecule has 3 amide bonds. The maximum atomic E-state index is 12.9. The highest BCUT2D eigenvalue weighted by Crippen LogP contribution is 2.35. The van der Waals surface area contributed by atoms with Gasteiger partial charge in [-0.15, -0.1) is 0 Å². The van der Waals surface area contributed by atoms with Crippen molar-refractivity contribution in [3.8, 4) is 11.5 Å². The Morgan fingerprint density at radius 3 is 2.61 bits per heavy atom. The van der Waals surface area contributed by atoms with Gasteiger partial charge in [-0.3, -0.25) is 14.1 Å². The summed E-state index contributed by atoms with van der Waals surface area (Å²) in [6.07, 6.45) is 1.44. The number of aliphatic imine (C=N–C) groups is 3. The molecule has 0 spiro atoms. The predicted molar refractivity (Wildman–Crippen MR) is 167 cm³/mol. The summed E-state index contributed by atoms with van der Waals surface area (Å²) in [6.45, 7) is 0.330. The molecule has 0 aromatic heterocycles. The molecular formula is C30H29F3N6O4S. The van der Waals surface area contributed by atoms with Crippen molar-refractivity contribution in [1.29, 1.82) is 0 Å². The Balaban J connectivity index is 1.44. The number of halogens is 3. The second-order valence-electron chi connectivity index (χ2n) is 9.37. The van der Waals surface area contributed by atoms with Gasteiger partial charge in [0.05, 0.1) is 30.4 Å². The lowest BCUT2D eigenvalue weighted by atomic mass is 10.1. The first kappa shape index (κ1) is 32.1. The number of carbonyl (C=O) groups excluding carboxylic acids is 2. The van der Waals surface area contributed by atoms with Crippen LogP contribution in [0.4, 0.5) is 35.0 Å². The lowest BCUT2D eigenvalue weighted by Crippen LogP contribution is -2.31. The van der Waals surface area contributed by atoms with Crippen molar-refractivity contribution in [3.63, 3.8) is 0 Å². The number of alkyl halides is 3. The number of nitrogens with one attached hydrogen (secondary N) is 1. The van der Waals surface area contributed by atoms with E-state index in [0.29, 0.717) is 33.9 Å². The molecule has 0 unspecified atom stereocenters. The number of hydrogen-bond donors (Lipinski definition) is 2. The van der Waals surface area contributed by atoms with Crippen LogP contribution in [0.5, 0.6) is 11.5 Å². The van der Waals surface area contributed by atoms with Gasteiger partial charge in [0, 0.05) is 17.7 Å². The van der Waals surface area contributed by atoms with Gasteiger partial charge >= 0.3 is 12.6 Å². The monoisotopic (exact) mass is 626 g/mol. The molecule has 1 heterocycles. The summed E-state index contributed by atoms with van der Waals surface area (Å²) in [5, 5.41) is 2.91. The van der Waals surface area contributed by atoms with Crippen LogP contribution in [-0.2, 0) is 4.79 Å². The molecule has 0 saturated carbocycles. The van der Waals surface area contributed by atoms with Gasteiger partial charge in [-0.05, 0) is 79.6 Å². The van der Waals surface area contributed by atoms with Crippen LogP contribution in [-0.4, -0.2) is 54.9 Å². The number of thioether (sulfide) groups is 1. The third kappa shape index (κ3) is 8.60. The van der Waals surface area contributed by atoms with E-state index in [0.717, 1.165) is 17.3 Å². The maximum absolute atomic E-state index is 12.9. The molecule has 230 valence electrons. The molecule has 3 aromatic carbocycles. The molecule has 4 rings (SSSR count). The van der Waals surface area contributed by atoms with Crippen molar-refractivity contribution in [1.82, 2.24) is 0 Å². The number of aryl methyl sites for hydroxylation is 2. The summed E-state index contributed by atoms with van der Waals surface area (Å²) in [5.74, 6) is 0.394. The first-order chi connectivity index (χ1) is 21.1. The number of rotatable bonds is 11. The zero-order valence-corrected chi connectivity index (χ0v) is 24.6. The fourth-order valence-electron chi connectivity index (χ4n) is 3.98. The molecule has 44 heavy (non-hydrogen) atoms. The molecule has 0 radical (unpaired) electrons. The molecule has 14 heteroatoms. The standard InChI is InChI=1S/C30H29F3N6O4S/c1-18-4-11-25(42-13-3-12-31)24(14-18)39-26(40)16-44-30(39)38-29(41)37-23-10-5-20(15-19(23)2)27(34)36-17-35-21-6-8-22(9-7-21)43-28(32)33/h4-11,14-15,17,28H,3,12-13,16H2,1-2H3,(H,37,41)(H2,34,35,36)/b38-30-. The predicted octanol–water partition coefficient (Wildman–Crippen LogP) is 6.38. The Morgan fingerprint density at radius 1 is 1.14 bits per heavy atom. The van der Waals surface area contributed by atoms with Crippen LogP contribution in [0, 0.1) is 13.8 Å². The summed E-state index contributed by atoms with van der Waals surface area (Å²) in [7, 11) is 0. The number of hydrogen-bond acceptors (Lipinski definition) is 6. The highest BCUT2D eigenvalue weighted by Gasteiger charge is 2.32. The van der Waals surface area contributed by atoms with E-state index < -0.39 is 19.3 Å². The normalized spacial score (nSPS) is 14.6. The van der Waals surface area contributed by atoms with Crippen molar-refractivity contribution in [2.45, 2.75) is 26.9 Å². The van der Waals surface area contributed by atoms with Crippen LogP contribution in [0.15, 0.2) is 75.6 Å². The van der Waals surface area contributed by atoms with Gasteiger partial charge in [0.1, 0.15) is 23.7 Å². The second kappa shape index (κ2) is 15.0. The van der Waals surface area contributed by atoms with Gasteiger partial charge < -0.3 is 20.5 Å². The molecule has 1 saturated heterocycles. The molecule has 0 atom stereocenters. The fourth-order valence-corrected chi connectivity index (χ4v) is 4.84. The minimum atomic E-state index is -2.91. The number of nitrogens with zero attached hydrogens (tertiary/aromatic N) is 4. The Labute approximate surface area is 255 Å². The minimum Gasteiger partial charge on any atom is -0.491 e. The Bertz CT molecular complexity index is 1600. The topological polar surface area (TPSA) is 131 Å². The molecule has 1 aliphatic rings. The van der Waals surface area contributed by atoms with Crippen molar-refractivity contribution < 1.29 is 32.2 Å². The quantitative estimate of drug-likeness (QED) is 0.144. The first-order valence-corrected chi connectivity index (χ1v) is 14.3. The summed E-state index contributed by atoms with van der Waals surface area (Å²) in [4.78, 5) is 39.4. The first-order valence-electron chi connectivity index (χ1n) is 13.3. The van der Waals surface area contributed by atoms with E-state index in [2.05, 4.69) is 25.0 Å². The molecule has 3 N–H and O–H groups in total. The number of carbonyl (C=O) groups is 2. The number of amidine groups is 2. The van der Waals surface area contributed by atoms with Gasteiger partial charge in [-0.2, -0.15) is 13.8 Å². The number of nitrogens with two attached hydrogens (primary N) is 1. The molecular weight excluding hydrogens is 597 g/mol. The highest BCUT2D eigenvalue weighted by atomic mass is 32.2. The van der Waals surface area contributed by atoms with Crippen molar-refractivity contribution in [2.24, 2.45) is 20.7 Å². The van der Waals surface area contributed by atoms with Gasteiger partial charge in [-0.25, -0.2) is 14.8 Å². The van der Waals surface area contributed by atoms with Gasteiger partial charge in [0.15, 0.2) is 5.17 Å². The maximum Gasteiger partial charge on any atom is 0.387 e. The van der Waals surface area contributed by atoms with E-state index >= 15 is 0 Å². The smallest absolute Gasteiger partial charge is 0.387 e. The van der Waals surface area contributed by atoms with E-state index in [4.69, 9.17) is 10.5 Å². The van der Waals surface area contributed by atoms with Crippen LogP contribution < -0.4 is 25.4 Å². The van der Waals surface area contributed by atoms with Crippen molar-refractivity contribution in [2.75, 3.05) is 29.3 Å². The number of benzene rings is 3. The Morgan fingerprint density at radius 2 is 1.91 bits per heavy atom. The van der Waals surface area contributed by atoms with E-state index in [1.807, 2.05) is 13.0 Å². The van der Waals surface area contributed by atoms with Gasteiger partial charge in [0.25, 0.3) is 0 Å². The van der Waals surface area contributed by atoms with E-state index in [9.17, 15) is 22.8 Å². The zero-order valence-electron chi connectivity index (χ0n) is 23.8. The van der Waals surface area contributed by atoms with Crippen molar-refractivity contribution in [3.05, 3.63) is 77.4 Å². The average molecular weight is 627 g/mol. The molecule has 10 nitrogen and oxygen atoms in total. The molecule has 1 aliphatic heterocycles. The van der Waals surface area contributed by atoms with Crippen LogP contribution in [0.1, 0.15) is 23.1 Å². The zero-order chi connectivity index (χ0) is 31.6. The van der Waals surface area contributed by atoms with Crippen LogP contribution in [0.3, 0.4) is 0 Å². The fraction of sp³-hybridized carbons (Fsp3) is 0.233. The lowest BCUT2D eigenvalue weighted by Gasteiger charge is -2.20. The van der Waals surface area contributed by atoms with Crippen LogP contribution in [0.2, 0.25) is 0 Å². The number of amides is 3. The summed E-state index contributed by atoms with van der Waals surface area (Å²) in [5.41, 5.74) is 9.57. The van der Waals surface area contributed by atoms with E-state index in [1.54, 1.807) is 37.3 Å². The van der Waals surface area contributed by atoms with E-state index in [-0.39, 0.29) is 41.4 Å². The van der Waals surface area contributed by atoms with Crippen LogP contribution in [0.25, 0.3) is 0 Å². The van der Waals surface area contributed by atoms with Gasteiger partial charge in [-0.1, -0.05) is 17.8 Å². The average Bonchev–Trinajstić information content (AvgIpc) is 3.34. The third-order valence-corrected chi connectivity index (χ3v) is 7.01. The largest absolute Gasteiger partial charge is 0.491 e. The highest BCUT2D eigenvalue weighted by molar-refractivity contribution is 8.15. The van der Waals surface area contributed by atoms with Crippen LogP contribution >= 0.6 is 11.8 Å². The number of ether oxygens (including phenoxy) is 2. The Hall–Kier alpha value is -4.85. The summed E-state index contributed by atoms with van der Waals surface area (Å²) < 4.78 is 47.2. The van der Waals surface area contributed by atoms with E-state index in [1.165, 1.54) is 35.5 Å². The molecule has 0 bridgehead atoms.